The summed E-state index contributed by atoms with van der Waals surface area (Å²) in [6.45, 7) is 5.53. The summed E-state index contributed by atoms with van der Waals surface area (Å²) in [6, 6.07) is 3.10. The second-order valence-corrected chi connectivity index (χ2v) is 7.46. The van der Waals surface area contributed by atoms with E-state index in [9.17, 15) is 22.8 Å². The van der Waals surface area contributed by atoms with Crippen molar-refractivity contribution < 1.29 is 17.6 Å². The molecule has 0 aliphatic rings. The van der Waals surface area contributed by atoms with Crippen LogP contribution in [0.4, 0.5) is 13.2 Å². The van der Waals surface area contributed by atoms with Gasteiger partial charge in [0.05, 0.1) is 10.7 Å². The van der Waals surface area contributed by atoms with Gasteiger partial charge in [0.15, 0.2) is 5.58 Å². The molecule has 6 nitrogen and oxygen atoms in total. The lowest BCUT2D eigenvalue weighted by atomic mass is 9.97. The highest BCUT2D eigenvalue weighted by atomic mass is 35.5. The number of alkyl halides is 3. The molecule has 0 bridgehead atoms. The van der Waals surface area contributed by atoms with Crippen LogP contribution in [0, 0.1) is 0 Å². The Morgan fingerprint density at radius 2 is 1.78 bits per heavy atom. The van der Waals surface area contributed by atoms with Gasteiger partial charge in [0.25, 0.3) is 5.56 Å². The van der Waals surface area contributed by atoms with Gasteiger partial charge >= 0.3 is 11.9 Å². The predicted molar refractivity (Wildman–Crippen MR) is 93.6 cm³/mol. The first kappa shape index (κ1) is 19.2. The Kier molecular flexibility index (Phi) is 4.26. The van der Waals surface area contributed by atoms with E-state index in [4.69, 9.17) is 16.0 Å². The minimum Gasteiger partial charge on any atom is -0.438 e. The maximum absolute atomic E-state index is 13.0. The third-order valence-electron chi connectivity index (χ3n) is 3.97. The van der Waals surface area contributed by atoms with Crippen molar-refractivity contribution in [1.29, 1.82) is 0 Å². The van der Waals surface area contributed by atoms with E-state index in [1.165, 1.54) is 12.1 Å². The van der Waals surface area contributed by atoms with Crippen molar-refractivity contribution in [1.82, 2.24) is 14.1 Å². The van der Waals surface area contributed by atoms with Gasteiger partial charge in [-0.3, -0.25) is 9.36 Å². The summed E-state index contributed by atoms with van der Waals surface area (Å²) in [5.41, 5.74) is -3.90. The molecule has 2 heterocycles. The van der Waals surface area contributed by atoms with Crippen molar-refractivity contribution >= 4 is 22.7 Å². The molecule has 0 saturated carbocycles. The van der Waals surface area contributed by atoms with Crippen molar-refractivity contribution in [3.05, 3.63) is 55.6 Å². The first-order valence-corrected chi connectivity index (χ1v) is 8.20. The van der Waals surface area contributed by atoms with Gasteiger partial charge in [-0.25, -0.2) is 14.3 Å². The standard InChI is InChI=1S/C17H15ClF3N3O3/c1-16(2,3)14-22-12-8(18)5-6-9(13(12)27-14)24-11(25)7-10(17(19,20)21)23(4)15(24)26/h5-7H,1-4H3. The molecule has 0 aliphatic carbocycles. The molecule has 0 N–H and O–H groups in total. The average molecular weight is 402 g/mol. The van der Waals surface area contributed by atoms with Gasteiger partial charge in [-0.05, 0) is 12.1 Å². The topological polar surface area (TPSA) is 70.0 Å². The Morgan fingerprint density at radius 3 is 2.33 bits per heavy atom. The predicted octanol–water partition coefficient (Wildman–Crippen LogP) is 3.65. The monoisotopic (exact) mass is 401 g/mol. The summed E-state index contributed by atoms with van der Waals surface area (Å²) in [7, 11) is 0.940. The summed E-state index contributed by atoms with van der Waals surface area (Å²) in [6.07, 6.45) is -4.84. The largest absolute Gasteiger partial charge is 0.438 e. The lowest BCUT2D eigenvalue weighted by Gasteiger charge is -2.14. The van der Waals surface area contributed by atoms with Gasteiger partial charge in [-0.1, -0.05) is 32.4 Å². The average Bonchev–Trinajstić information content (AvgIpc) is 2.98. The zero-order chi connectivity index (χ0) is 20.3. The number of aromatic nitrogens is 3. The molecule has 0 saturated heterocycles. The van der Waals surface area contributed by atoms with Crippen LogP contribution in [0.25, 0.3) is 16.8 Å². The summed E-state index contributed by atoms with van der Waals surface area (Å²) in [5.74, 6) is 0.309. The first-order chi connectivity index (χ1) is 12.3. The minimum atomic E-state index is -4.84. The number of benzene rings is 1. The first-order valence-electron chi connectivity index (χ1n) is 7.82. The van der Waals surface area contributed by atoms with Gasteiger partial charge in [0, 0.05) is 18.5 Å². The Balaban J connectivity index is 2.39. The number of oxazole rings is 1. The van der Waals surface area contributed by atoms with Crippen LogP contribution < -0.4 is 11.2 Å². The fourth-order valence-corrected chi connectivity index (χ4v) is 2.77. The van der Waals surface area contributed by atoms with E-state index in [1.807, 2.05) is 20.8 Å². The van der Waals surface area contributed by atoms with Crippen LogP contribution in [0.2, 0.25) is 5.02 Å². The fourth-order valence-electron chi connectivity index (χ4n) is 2.58. The van der Waals surface area contributed by atoms with Crippen molar-refractivity contribution in [3.63, 3.8) is 0 Å². The molecule has 0 spiro atoms. The molecular weight excluding hydrogens is 387 g/mol. The second kappa shape index (κ2) is 5.98. The number of fused-ring (bicyclic) bond motifs is 1. The molecule has 27 heavy (non-hydrogen) atoms. The number of nitrogens with zero attached hydrogens (tertiary/aromatic N) is 3. The summed E-state index contributed by atoms with van der Waals surface area (Å²) in [4.78, 5) is 29.2. The second-order valence-electron chi connectivity index (χ2n) is 7.06. The van der Waals surface area contributed by atoms with Gasteiger partial charge in [-0.15, -0.1) is 0 Å². The highest BCUT2D eigenvalue weighted by Crippen LogP contribution is 2.33. The van der Waals surface area contributed by atoms with Crippen molar-refractivity contribution in [2.24, 2.45) is 7.05 Å². The highest BCUT2D eigenvalue weighted by molar-refractivity contribution is 6.35. The van der Waals surface area contributed by atoms with E-state index in [1.54, 1.807) is 0 Å². The van der Waals surface area contributed by atoms with Gasteiger partial charge in [-0.2, -0.15) is 13.2 Å². The van der Waals surface area contributed by atoms with Crippen molar-refractivity contribution in [2.75, 3.05) is 0 Å². The third kappa shape index (κ3) is 3.16. The fraction of sp³-hybridized carbons (Fsp3) is 0.353. The van der Waals surface area contributed by atoms with Gasteiger partial charge in [0.1, 0.15) is 11.2 Å². The molecule has 0 aliphatic heterocycles. The molecule has 0 unspecified atom stereocenters. The van der Waals surface area contributed by atoms with Crippen LogP contribution in [-0.2, 0) is 18.6 Å². The van der Waals surface area contributed by atoms with Crippen LogP contribution in [0.15, 0.2) is 32.2 Å². The zero-order valence-corrected chi connectivity index (χ0v) is 15.6. The number of halogens is 4. The molecule has 0 atom stereocenters. The summed E-state index contributed by atoms with van der Waals surface area (Å²) < 4.78 is 45.8. The third-order valence-corrected chi connectivity index (χ3v) is 4.27. The quantitative estimate of drug-likeness (QED) is 0.624. The normalized spacial score (nSPS) is 12.7. The summed E-state index contributed by atoms with van der Waals surface area (Å²) in [5, 5.41) is 0.227. The van der Waals surface area contributed by atoms with Crippen molar-refractivity contribution in [2.45, 2.75) is 32.4 Å². The van der Waals surface area contributed by atoms with Crippen LogP contribution >= 0.6 is 11.6 Å². The van der Waals surface area contributed by atoms with Crippen LogP contribution in [0.1, 0.15) is 32.4 Å². The molecule has 10 heteroatoms. The lowest BCUT2D eigenvalue weighted by Crippen LogP contribution is -2.40. The van der Waals surface area contributed by atoms with Crippen LogP contribution in [0.3, 0.4) is 0 Å². The summed E-state index contributed by atoms with van der Waals surface area (Å²) >= 11 is 6.13. The Bertz CT molecular complexity index is 1170. The number of hydrogen-bond donors (Lipinski definition) is 0. The molecule has 0 fully saturated rings. The molecule has 3 aromatic rings. The minimum absolute atomic E-state index is 0.0308. The van der Waals surface area contributed by atoms with Gasteiger partial charge < -0.3 is 4.42 Å². The van der Waals surface area contributed by atoms with E-state index < -0.39 is 28.5 Å². The van der Waals surface area contributed by atoms with E-state index in [2.05, 4.69) is 4.98 Å². The Morgan fingerprint density at radius 1 is 1.15 bits per heavy atom. The molecule has 3 rings (SSSR count). The SMILES string of the molecule is Cn1c(C(F)(F)F)cc(=O)n(-c2ccc(Cl)c3nc(C(C)(C)C)oc23)c1=O. The molecule has 2 aromatic heterocycles. The van der Waals surface area contributed by atoms with Crippen LogP contribution in [0.5, 0.6) is 0 Å². The van der Waals surface area contributed by atoms with E-state index in [0.717, 1.165) is 7.05 Å². The highest BCUT2D eigenvalue weighted by Gasteiger charge is 2.35. The lowest BCUT2D eigenvalue weighted by molar-refractivity contribution is -0.144. The number of hydrogen-bond acceptors (Lipinski definition) is 4. The smallest absolute Gasteiger partial charge is 0.431 e. The van der Waals surface area contributed by atoms with Crippen molar-refractivity contribution in [3.8, 4) is 5.69 Å². The molecule has 1 aromatic carbocycles. The zero-order valence-electron chi connectivity index (χ0n) is 14.8. The van der Waals surface area contributed by atoms with E-state index in [-0.39, 0.29) is 21.8 Å². The van der Waals surface area contributed by atoms with Crippen LogP contribution in [-0.4, -0.2) is 14.1 Å². The molecule has 0 radical (unpaired) electrons. The van der Waals surface area contributed by atoms with E-state index >= 15 is 0 Å². The molecule has 0 amide bonds. The van der Waals surface area contributed by atoms with E-state index in [0.29, 0.717) is 21.1 Å². The molecule has 144 valence electrons. The Hall–Kier alpha value is -2.55. The Labute approximate surface area is 155 Å². The van der Waals surface area contributed by atoms with Gasteiger partial charge in [0.2, 0.25) is 5.89 Å². The maximum Gasteiger partial charge on any atom is 0.431 e. The number of rotatable bonds is 1. The molecular formula is C17H15ClF3N3O3. The maximum atomic E-state index is 13.0.